The standard InChI is InChI=1S/C11H5ClF2O2S/c12-7-4-11(17-10(7)5-15)16-6-1-2-8(13)9(14)3-6/h1-5H. The normalized spacial score (nSPS) is 10.3. The molecule has 0 aliphatic carbocycles. The quantitative estimate of drug-likeness (QED) is 0.781. The van der Waals surface area contributed by atoms with Crippen LogP contribution in [-0.4, -0.2) is 6.29 Å². The van der Waals surface area contributed by atoms with Crippen LogP contribution in [0.5, 0.6) is 10.8 Å². The molecule has 0 atom stereocenters. The molecular formula is C11H5ClF2O2S. The number of rotatable bonds is 3. The first-order valence-corrected chi connectivity index (χ1v) is 5.67. The van der Waals surface area contributed by atoms with Crippen LogP contribution in [0.2, 0.25) is 5.02 Å². The summed E-state index contributed by atoms with van der Waals surface area (Å²) in [4.78, 5) is 10.9. The first-order chi connectivity index (χ1) is 8.10. The third-order valence-corrected chi connectivity index (χ3v) is 3.27. The summed E-state index contributed by atoms with van der Waals surface area (Å²) in [5.41, 5.74) is 0. The lowest BCUT2D eigenvalue weighted by Crippen LogP contribution is -1.86. The Kier molecular flexibility index (Phi) is 3.40. The number of benzene rings is 1. The van der Waals surface area contributed by atoms with Crippen molar-refractivity contribution in [2.75, 3.05) is 0 Å². The van der Waals surface area contributed by atoms with Gasteiger partial charge in [-0.15, -0.1) is 0 Å². The van der Waals surface area contributed by atoms with Gasteiger partial charge < -0.3 is 4.74 Å². The highest BCUT2D eigenvalue weighted by Crippen LogP contribution is 2.34. The predicted molar refractivity (Wildman–Crippen MR) is 61.1 cm³/mol. The lowest BCUT2D eigenvalue weighted by molar-refractivity contribution is 0.112. The molecule has 2 nitrogen and oxygen atoms in total. The van der Waals surface area contributed by atoms with Crippen LogP contribution < -0.4 is 4.74 Å². The summed E-state index contributed by atoms with van der Waals surface area (Å²) in [6.07, 6.45) is 0.602. The van der Waals surface area contributed by atoms with E-state index in [-0.39, 0.29) is 10.8 Å². The van der Waals surface area contributed by atoms with Crippen molar-refractivity contribution in [3.63, 3.8) is 0 Å². The van der Waals surface area contributed by atoms with Crippen molar-refractivity contribution in [3.8, 4) is 10.8 Å². The van der Waals surface area contributed by atoms with Gasteiger partial charge in [0.1, 0.15) is 5.75 Å². The summed E-state index contributed by atoms with van der Waals surface area (Å²) < 4.78 is 30.8. The van der Waals surface area contributed by atoms with Crippen molar-refractivity contribution in [1.82, 2.24) is 0 Å². The van der Waals surface area contributed by atoms with Gasteiger partial charge in [0.05, 0.1) is 9.90 Å². The van der Waals surface area contributed by atoms with Crippen LogP contribution in [0.1, 0.15) is 9.67 Å². The zero-order valence-electron chi connectivity index (χ0n) is 8.25. The fraction of sp³-hybridized carbons (Fsp3) is 0. The van der Waals surface area contributed by atoms with Gasteiger partial charge in [-0.05, 0) is 12.1 Å². The van der Waals surface area contributed by atoms with Gasteiger partial charge >= 0.3 is 0 Å². The Balaban J connectivity index is 2.25. The van der Waals surface area contributed by atoms with Crippen LogP contribution in [0.25, 0.3) is 0 Å². The molecule has 0 bridgehead atoms. The Bertz CT molecular complexity index is 569. The molecule has 88 valence electrons. The molecule has 17 heavy (non-hydrogen) atoms. The summed E-state index contributed by atoms with van der Waals surface area (Å²) in [6.45, 7) is 0. The molecule has 0 amide bonds. The number of halogens is 3. The van der Waals surface area contributed by atoms with Gasteiger partial charge in [0.25, 0.3) is 0 Å². The fourth-order valence-corrected chi connectivity index (χ4v) is 2.21. The van der Waals surface area contributed by atoms with Gasteiger partial charge in [-0.2, -0.15) is 0 Å². The Morgan fingerprint density at radius 1 is 1.24 bits per heavy atom. The number of hydrogen-bond acceptors (Lipinski definition) is 3. The van der Waals surface area contributed by atoms with Gasteiger partial charge in [0.15, 0.2) is 23.0 Å². The van der Waals surface area contributed by atoms with E-state index < -0.39 is 11.6 Å². The van der Waals surface area contributed by atoms with E-state index in [1.54, 1.807) is 0 Å². The summed E-state index contributed by atoms with van der Waals surface area (Å²) >= 11 is 6.76. The number of aldehydes is 1. The lowest BCUT2D eigenvalue weighted by atomic mass is 10.3. The van der Waals surface area contributed by atoms with Crippen molar-refractivity contribution in [1.29, 1.82) is 0 Å². The molecule has 0 aliphatic rings. The topological polar surface area (TPSA) is 26.3 Å². The van der Waals surface area contributed by atoms with E-state index in [1.165, 1.54) is 12.1 Å². The zero-order valence-corrected chi connectivity index (χ0v) is 9.82. The van der Waals surface area contributed by atoms with Gasteiger partial charge in [-0.1, -0.05) is 22.9 Å². The van der Waals surface area contributed by atoms with Crippen molar-refractivity contribution in [2.24, 2.45) is 0 Å². The maximum absolute atomic E-state index is 12.9. The molecule has 1 aromatic heterocycles. The molecular weight excluding hydrogens is 270 g/mol. The summed E-state index contributed by atoms with van der Waals surface area (Å²) in [5, 5.41) is 0.602. The van der Waals surface area contributed by atoms with Gasteiger partial charge in [-0.25, -0.2) is 8.78 Å². The number of ether oxygens (including phenoxy) is 1. The summed E-state index contributed by atoms with van der Waals surface area (Å²) in [5.74, 6) is -1.81. The van der Waals surface area contributed by atoms with E-state index >= 15 is 0 Å². The van der Waals surface area contributed by atoms with Crippen molar-refractivity contribution < 1.29 is 18.3 Å². The predicted octanol–water partition coefficient (Wildman–Crippen LogP) is 4.28. The SMILES string of the molecule is O=Cc1sc(Oc2ccc(F)c(F)c2)cc1Cl. The van der Waals surface area contributed by atoms with Crippen molar-refractivity contribution >= 4 is 29.2 Å². The molecule has 1 aromatic carbocycles. The van der Waals surface area contributed by atoms with Crippen LogP contribution in [0, 0.1) is 11.6 Å². The minimum Gasteiger partial charge on any atom is -0.447 e. The molecule has 2 aromatic rings. The van der Waals surface area contributed by atoms with Crippen LogP contribution in [0.4, 0.5) is 8.78 Å². The Morgan fingerprint density at radius 3 is 2.59 bits per heavy atom. The second kappa shape index (κ2) is 4.81. The number of carbonyl (C=O) groups is 1. The molecule has 0 aliphatic heterocycles. The van der Waals surface area contributed by atoms with Gasteiger partial charge in [0, 0.05) is 12.1 Å². The van der Waals surface area contributed by atoms with Gasteiger partial charge in [0.2, 0.25) is 0 Å². The molecule has 0 radical (unpaired) electrons. The van der Waals surface area contributed by atoms with Crippen LogP contribution in [0.3, 0.4) is 0 Å². The summed E-state index contributed by atoms with van der Waals surface area (Å²) in [7, 11) is 0. The van der Waals surface area contributed by atoms with E-state index in [0.717, 1.165) is 23.5 Å². The van der Waals surface area contributed by atoms with Gasteiger partial charge in [-0.3, -0.25) is 4.79 Å². The molecule has 0 saturated heterocycles. The first kappa shape index (κ1) is 12.0. The molecule has 0 saturated carbocycles. The second-order valence-corrected chi connectivity index (χ2v) is 4.53. The second-order valence-electron chi connectivity index (χ2n) is 3.07. The largest absolute Gasteiger partial charge is 0.447 e. The van der Waals surface area contributed by atoms with E-state index in [2.05, 4.69) is 0 Å². The molecule has 0 spiro atoms. The van der Waals surface area contributed by atoms with Crippen molar-refractivity contribution in [3.05, 3.63) is 45.8 Å². The molecule has 0 unspecified atom stereocenters. The molecule has 0 fully saturated rings. The first-order valence-electron chi connectivity index (χ1n) is 4.47. The monoisotopic (exact) mass is 274 g/mol. The minimum atomic E-state index is -0.999. The number of thiophene rings is 1. The van der Waals surface area contributed by atoms with E-state index in [4.69, 9.17) is 16.3 Å². The Morgan fingerprint density at radius 2 is 2.00 bits per heavy atom. The highest BCUT2D eigenvalue weighted by molar-refractivity contribution is 7.16. The molecule has 2 rings (SSSR count). The summed E-state index contributed by atoms with van der Waals surface area (Å²) in [6, 6.07) is 4.61. The maximum Gasteiger partial charge on any atom is 0.183 e. The highest BCUT2D eigenvalue weighted by Gasteiger charge is 2.09. The Hall–Kier alpha value is -1.46. The minimum absolute atomic E-state index is 0.138. The van der Waals surface area contributed by atoms with Crippen LogP contribution in [0.15, 0.2) is 24.3 Å². The molecule has 1 heterocycles. The molecule has 0 N–H and O–H groups in total. The Labute approximate surface area is 104 Å². The maximum atomic E-state index is 12.9. The van der Waals surface area contributed by atoms with E-state index in [9.17, 15) is 13.6 Å². The number of carbonyl (C=O) groups excluding carboxylic acids is 1. The van der Waals surface area contributed by atoms with Crippen LogP contribution in [-0.2, 0) is 0 Å². The highest BCUT2D eigenvalue weighted by atomic mass is 35.5. The molecule has 6 heteroatoms. The van der Waals surface area contributed by atoms with Crippen LogP contribution >= 0.6 is 22.9 Å². The van der Waals surface area contributed by atoms with E-state index in [0.29, 0.717) is 16.2 Å². The third kappa shape index (κ3) is 2.62. The lowest BCUT2D eigenvalue weighted by Gasteiger charge is -2.02. The smallest absolute Gasteiger partial charge is 0.183 e. The average molecular weight is 275 g/mol. The average Bonchev–Trinajstić information content (AvgIpc) is 2.64. The fourth-order valence-electron chi connectivity index (χ4n) is 1.15. The van der Waals surface area contributed by atoms with Crippen molar-refractivity contribution in [2.45, 2.75) is 0 Å². The number of hydrogen-bond donors (Lipinski definition) is 0. The third-order valence-electron chi connectivity index (χ3n) is 1.91. The van der Waals surface area contributed by atoms with E-state index in [1.807, 2.05) is 0 Å². The zero-order chi connectivity index (χ0) is 12.4.